The third-order valence-corrected chi connectivity index (χ3v) is 3.73. The molecule has 1 amide bonds. The maximum Gasteiger partial charge on any atom is 0.290 e. The molecule has 1 atom stereocenters. The smallest absolute Gasteiger partial charge is 0.290 e. The van der Waals surface area contributed by atoms with Gasteiger partial charge in [-0.1, -0.05) is 32.1 Å². The number of aliphatic hydroxyl groups is 1. The summed E-state index contributed by atoms with van der Waals surface area (Å²) in [5.41, 5.74) is 0.783. The Morgan fingerprint density at radius 2 is 1.91 bits per heavy atom. The van der Waals surface area contributed by atoms with Crippen molar-refractivity contribution in [2.45, 2.75) is 26.3 Å². The van der Waals surface area contributed by atoms with Crippen molar-refractivity contribution in [3.63, 3.8) is 0 Å². The largest absolute Gasteiger partial charge is 0.508 e. The molecule has 1 aliphatic heterocycles. The number of hydrogen-bond acceptors (Lipinski definition) is 4. The van der Waals surface area contributed by atoms with E-state index in [2.05, 4.69) is 6.58 Å². The highest BCUT2D eigenvalue weighted by Crippen LogP contribution is 2.38. The summed E-state index contributed by atoms with van der Waals surface area (Å²) in [6, 6.07) is 5.61. The Bertz CT molecular complexity index is 658. The lowest BCUT2D eigenvalue weighted by Crippen LogP contribution is -2.31. The van der Waals surface area contributed by atoms with E-state index in [1.165, 1.54) is 17.0 Å². The van der Waals surface area contributed by atoms with E-state index in [9.17, 15) is 19.8 Å². The first-order valence-corrected chi connectivity index (χ1v) is 7.54. The zero-order valence-electron chi connectivity index (χ0n) is 13.3. The highest BCUT2D eigenvalue weighted by Gasteiger charge is 2.42. The monoisotopic (exact) mass is 315 g/mol. The van der Waals surface area contributed by atoms with Crippen LogP contribution in [0.25, 0.3) is 0 Å². The van der Waals surface area contributed by atoms with E-state index in [0.29, 0.717) is 5.56 Å². The molecule has 0 spiro atoms. The predicted molar refractivity (Wildman–Crippen MR) is 86.9 cm³/mol. The Labute approximate surface area is 135 Å². The molecule has 0 saturated heterocycles. The lowest BCUT2D eigenvalue weighted by Gasteiger charge is -2.25. The summed E-state index contributed by atoms with van der Waals surface area (Å²) in [6.07, 6.45) is 1.80. The van der Waals surface area contributed by atoms with Crippen LogP contribution in [0.3, 0.4) is 0 Å². The number of phenolic OH excluding ortho intramolecular Hbond substituents is 1. The Kier molecular flexibility index (Phi) is 4.89. The minimum Gasteiger partial charge on any atom is -0.508 e. The van der Waals surface area contributed by atoms with E-state index in [4.69, 9.17) is 0 Å². The summed E-state index contributed by atoms with van der Waals surface area (Å²) in [7, 11) is 0. The molecule has 1 unspecified atom stereocenters. The van der Waals surface area contributed by atoms with Gasteiger partial charge in [-0.3, -0.25) is 9.59 Å². The molecule has 1 heterocycles. The van der Waals surface area contributed by atoms with E-state index in [1.807, 2.05) is 13.8 Å². The number of carbonyl (C=O) groups excluding carboxylic acids is 2. The van der Waals surface area contributed by atoms with E-state index in [-0.39, 0.29) is 36.0 Å². The summed E-state index contributed by atoms with van der Waals surface area (Å²) < 4.78 is 0. The summed E-state index contributed by atoms with van der Waals surface area (Å²) in [6.45, 7) is 7.65. The molecule has 5 heteroatoms. The van der Waals surface area contributed by atoms with Crippen molar-refractivity contribution in [1.82, 2.24) is 4.90 Å². The van der Waals surface area contributed by atoms with Gasteiger partial charge in [0.1, 0.15) is 5.75 Å². The van der Waals surface area contributed by atoms with Crippen molar-refractivity contribution in [2.75, 3.05) is 6.54 Å². The van der Waals surface area contributed by atoms with E-state index >= 15 is 0 Å². The van der Waals surface area contributed by atoms with Crippen LogP contribution in [0.2, 0.25) is 0 Å². The van der Waals surface area contributed by atoms with Gasteiger partial charge in [0, 0.05) is 13.0 Å². The van der Waals surface area contributed by atoms with Crippen molar-refractivity contribution in [3.8, 4) is 5.75 Å². The Balaban J connectivity index is 2.50. The van der Waals surface area contributed by atoms with Gasteiger partial charge in [0.2, 0.25) is 0 Å². The van der Waals surface area contributed by atoms with Crippen LogP contribution in [0, 0.1) is 5.92 Å². The van der Waals surface area contributed by atoms with Gasteiger partial charge in [-0.05, 0) is 23.6 Å². The normalized spacial score (nSPS) is 18.0. The average molecular weight is 315 g/mol. The number of aromatic hydroxyl groups is 1. The van der Waals surface area contributed by atoms with Crippen molar-refractivity contribution in [2.24, 2.45) is 5.92 Å². The Hall–Kier alpha value is -2.56. The number of hydrogen-bond donors (Lipinski definition) is 2. The van der Waals surface area contributed by atoms with Gasteiger partial charge >= 0.3 is 0 Å². The second-order valence-electron chi connectivity index (χ2n) is 6.02. The first kappa shape index (κ1) is 16.8. The number of rotatable bonds is 6. The van der Waals surface area contributed by atoms with Crippen LogP contribution < -0.4 is 0 Å². The minimum absolute atomic E-state index is 0.0941. The fraction of sp³-hybridized carbons (Fsp3) is 0.333. The van der Waals surface area contributed by atoms with Crippen LogP contribution in [0.4, 0.5) is 0 Å². The summed E-state index contributed by atoms with van der Waals surface area (Å²) >= 11 is 0. The van der Waals surface area contributed by atoms with E-state index in [0.717, 1.165) is 0 Å². The van der Waals surface area contributed by atoms with Crippen molar-refractivity contribution < 1.29 is 19.8 Å². The molecule has 0 fully saturated rings. The molecule has 2 N–H and O–H groups in total. The number of Topliss-reactive ketones (excluding diaryl/α,β-unsaturated/α-hetero) is 1. The number of carbonyl (C=O) groups is 2. The molecule has 1 aliphatic rings. The summed E-state index contributed by atoms with van der Waals surface area (Å²) in [4.78, 5) is 26.3. The second kappa shape index (κ2) is 6.69. The van der Waals surface area contributed by atoms with Crippen molar-refractivity contribution >= 4 is 11.7 Å². The maximum atomic E-state index is 12.5. The lowest BCUT2D eigenvalue weighted by molar-refractivity contribution is -0.128. The minimum atomic E-state index is -0.660. The highest BCUT2D eigenvalue weighted by molar-refractivity contribution is 6.09. The first-order chi connectivity index (χ1) is 10.9. The van der Waals surface area contributed by atoms with Gasteiger partial charge in [0.05, 0.1) is 11.6 Å². The van der Waals surface area contributed by atoms with Crippen molar-refractivity contribution in [1.29, 1.82) is 0 Å². The third kappa shape index (κ3) is 3.28. The van der Waals surface area contributed by atoms with Gasteiger partial charge in [0.25, 0.3) is 5.91 Å². The Morgan fingerprint density at radius 1 is 1.30 bits per heavy atom. The zero-order valence-corrected chi connectivity index (χ0v) is 13.3. The predicted octanol–water partition coefficient (Wildman–Crippen LogP) is 2.89. The third-order valence-electron chi connectivity index (χ3n) is 3.73. The van der Waals surface area contributed by atoms with Gasteiger partial charge < -0.3 is 15.1 Å². The summed E-state index contributed by atoms with van der Waals surface area (Å²) in [5, 5.41) is 19.6. The number of nitrogens with zero attached hydrogens (tertiary/aromatic N) is 1. The topological polar surface area (TPSA) is 77.8 Å². The number of aliphatic hydroxyl groups excluding tert-OH is 1. The molecule has 23 heavy (non-hydrogen) atoms. The quantitative estimate of drug-likeness (QED) is 0.791. The van der Waals surface area contributed by atoms with Crippen LogP contribution in [0.15, 0.2) is 48.3 Å². The molecule has 0 saturated carbocycles. The molecule has 1 aromatic rings. The van der Waals surface area contributed by atoms with Crippen LogP contribution >= 0.6 is 0 Å². The number of phenols is 1. The molecule has 0 aromatic heterocycles. The molecule has 122 valence electrons. The van der Waals surface area contributed by atoms with Crippen LogP contribution in [-0.4, -0.2) is 33.3 Å². The molecular formula is C18H21NO4. The lowest BCUT2D eigenvalue weighted by atomic mass is 9.92. The average Bonchev–Trinajstić information content (AvgIpc) is 2.73. The fourth-order valence-electron chi connectivity index (χ4n) is 2.75. The highest BCUT2D eigenvalue weighted by atomic mass is 16.3. The van der Waals surface area contributed by atoms with Gasteiger partial charge in [-0.25, -0.2) is 0 Å². The van der Waals surface area contributed by atoms with E-state index in [1.54, 1.807) is 18.2 Å². The number of ketones is 1. The number of benzene rings is 1. The van der Waals surface area contributed by atoms with Gasteiger partial charge in [-0.15, -0.1) is 6.58 Å². The molecule has 0 aliphatic carbocycles. The number of amides is 1. The van der Waals surface area contributed by atoms with Gasteiger partial charge in [-0.2, -0.15) is 0 Å². The summed E-state index contributed by atoms with van der Waals surface area (Å²) in [5.74, 6) is -1.09. The molecular weight excluding hydrogens is 294 g/mol. The molecule has 0 bridgehead atoms. The second-order valence-corrected chi connectivity index (χ2v) is 6.02. The standard InChI is InChI=1S/C18H21NO4/c1-4-9-19-16(12-5-7-13(20)8-6-12)15(17(22)18(19)23)14(21)10-11(2)3/h4-8,11,16,20,22H,1,9-10H2,2-3H3. The maximum absolute atomic E-state index is 12.5. The molecule has 2 rings (SSSR count). The van der Waals surface area contributed by atoms with Crippen LogP contribution in [0.1, 0.15) is 31.9 Å². The molecule has 1 aromatic carbocycles. The zero-order chi connectivity index (χ0) is 17.1. The van der Waals surface area contributed by atoms with E-state index < -0.39 is 17.7 Å². The SMILES string of the molecule is C=CCN1C(=O)C(O)=C(C(=O)CC(C)C)C1c1ccc(O)cc1. The van der Waals surface area contributed by atoms with Crippen molar-refractivity contribution in [3.05, 3.63) is 53.8 Å². The van der Waals surface area contributed by atoms with Crippen LogP contribution in [0.5, 0.6) is 5.75 Å². The fourth-order valence-corrected chi connectivity index (χ4v) is 2.75. The van der Waals surface area contributed by atoms with Gasteiger partial charge in [0.15, 0.2) is 11.5 Å². The van der Waals surface area contributed by atoms with Crippen LogP contribution in [-0.2, 0) is 9.59 Å². The Morgan fingerprint density at radius 3 is 2.43 bits per heavy atom. The molecule has 5 nitrogen and oxygen atoms in total. The first-order valence-electron chi connectivity index (χ1n) is 7.54. The molecule has 0 radical (unpaired) electrons.